The smallest absolute Gasteiger partial charge is 0.338 e. The Morgan fingerprint density at radius 2 is 2.00 bits per heavy atom. The number of carbonyl (C=O) groups excluding carboxylic acids is 2. The number of hydrogen-bond donors (Lipinski definition) is 1. The van der Waals surface area contributed by atoms with Crippen LogP contribution in [-0.4, -0.2) is 43.9 Å². The Bertz CT molecular complexity index is 1130. The molecular formula is C20H19N3O5S2. The third-order valence-electron chi connectivity index (χ3n) is 4.66. The van der Waals surface area contributed by atoms with Crippen LogP contribution in [0, 0.1) is 0 Å². The van der Waals surface area contributed by atoms with Gasteiger partial charge in [-0.25, -0.2) is 13.2 Å². The topological polar surface area (TPSA) is 105 Å². The predicted molar refractivity (Wildman–Crippen MR) is 115 cm³/mol. The zero-order valence-corrected chi connectivity index (χ0v) is 17.7. The van der Waals surface area contributed by atoms with E-state index < -0.39 is 28.0 Å². The number of amidine groups is 1. The third kappa shape index (κ3) is 4.19. The van der Waals surface area contributed by atoms with Crippen LogP contribution in [0.1, 0.15) is 23.7 Å². The van der Waals surface area contributed by atoms with E-state index in [9.17, 15) is 18.0 Å². The SMILES string of the molecule is CC[C@@H](OC(=O)c1ccc2c(c1)SC1=NS(=O)(=O)CCN12)C(=O)Nc1ccccc1. The quantitative estimate of drug-likeness (QED) is 0.706. The number of hydrogen-bond acceptors (Lipinski definition) is 7. The van der Waals surface area contributed by atoms with Crippen molar-refractivity contribution >= 4 is 50.2 Å². The Hall–Kier alpha value is -2.85. The highest BCUT2D eigenvalue weighted by Gasteiger charge is 2.34. The monoisotopic (exact) mass is 445 g/mol. The summed E-state index contributed by atoms with van der Waals surface area (Å²) in [5, 5.41) is 3.12. The maximum Gasteiger partial charge on any atom is 0.338 e. The van der Waals surface area contributed by atoms with Crippen LogP contribution in [0.2, 0.25) is 0 Å². The Kier molecular flexibility index (Phi) is 5.52. The number of benzene rings is 2. The summed E-state index contributed by atoms with van der Waals surface area (Å²) >= 11 is 1.20. The van der Waals surface area contributed by atoms with E-state index in [1.807, 2.05) is 11.0 Å². The van der Waals surface area contributed by atoms with Gasteiger partial charge in [-0.3, -0.25) is 4.79 Å². The summed E-state index contributed by atoms with van der Waals surface area (Å²) in [5.41, 5.74) is 1.72. The molecule has 0 saturated carbocycles. The summed E-state index contributed by atoms with van der Waals surface area (Å²) in [4.78, 5) is 27.6. The summed E-state index contributed by atoms with van der Waals surface area (Å²) in [7, 11) is -3.45. The molecule has 0 unspecified atom stereocenters. The third-order valence-corrected chi connectivity index (χ3v) is 6.97. The summed E-state index contributed by atoms with van der Waals surface area (Å²) in [6.07, 6.45) is -0.605. The predicted octanol–water partition coefficient (Wildman–Crippen LogP) is 2.87. The molecule has 2 aliphatic rings. The standard InChI is InChI=1S/C20H19N3O5S2/c1-2-16(18(24)21-14-6-4-3-5-7-14)28-19(25)13-8-9-15-17(12-13)29-20-22-30(26,27)11-10-23(15)20/h3-9,12,16H,2,10-11H2,1H3,(H,21,24)/t16-/m1/s1. The van der Waals surface area contributed by atoms with Crippen LogP contribution < -0.4 is 10.2 Å². The Balaban J connectivity index is 1.47. The summed E-state index contributed by atoms with van der Waals surface area (Å²) in [6, 6.07) is 13.9. The van der Waals surface area contributed by atoms with Crippen molar-refractivity contribution in [2.75, 3.05) is 22.5 Å². The fourth-order valence-corrected chi connectivity index (χ4v) is 5.42. The molecule has 1 atom stereocenters. The van der Waals surface area contributed by atoms with Crippen LogP contribution in [0.4, 0.5) is 11.4 Å². The average Bonchev–Trinajstić information content (AvgIpc) is 3.07. The van der Waals surface area contributed by atoms with Crippen LogP contribution in [0.15, 0.2) is 57.8 Å². The van der Waals surface area contributed by atoms with Gasteiger partial charge in [-0.15, -0.1) is 4.40 Å². The molecule has 10 heteroatoms. The molecule has 156 valence electrons. The molecule has 0 aliphatic carbocycles. The van der Waals surface area contributed by atoms with E-state index in [0.717, 1.165) is 10.6 Å². The van der Waals surface area contributed by atoms with E-state index in [1.54, 1.807) is 49.4 Å². The number of carbonyl (C=O) groups is 2. The Morgan fingerprint density at radius 3 is 2.73 bits per heavy atom. The van der Waals surface area contributed by atoms with E-state index >= 15 is 0 Å². The lowest BCUT2D eigenvalue weighted by molar-refractivity contribution is -0.124. The second-order valence-corrected chi connectivity index (χ2v) is 9.52. The molecule has 0 fully saturated rings. The lowest BCUT2D eigenvalue weighted by Gasteiger charge is -2.22. The van der Waals surface area contributed by atoms with Gasteiger partial charge in [-0.05, 0) is 48.5 Å². The summed E-state index contributed by atoms with van der Waals surface area (Å²) in [6.45, 7) is 2.08. The molecule has 1 amide bonds. The molecule has 30 heavy (non-hydrogen) atoms. The maximum absolute atomic E-state index is 12.6. The molecule has 0 spiro atoms. The second kappa shape index (κ2) is 8.11. The van der Waals surface area contributed by atoms with Crippen molar-refractivity contribution in [1.82, 2.24) is 0 Å². The van der Waals surface area contributed by atoms with Gasteiger partial charge in [0.15, 0.2) is 11.3 Å². The number of nitrogens with zero attached hydrogens (tertiary/aromatic N) is 2. The van der Waals surface area contributed by atoms with Crippen LogP contribution in [-0.2, 0) is 19.6 Å². The number of sulfonamides is 1. The highest BCUT2D eigenvalue weighted by Crippen LogP contribution is 2.42. The van der Waals surface area contributed by atoms with Crippen molar-refractivity contribution in [1.29, 1.82) is 0 Å². The summed E-state index contributed by atoms with van der Waals surface area (Å²) < 4.78 is 32.7. The maximum atomic E-state index is 12.6. The fraction of sp³-hybridized carbons (Fsp3) is 0.250. The van der Waals surface area contributed by atoms with Crippen molar-refractivity contribution in [3.8, 4) is 0 Å². The van der Waals surface area contributed by atoms with Crippen molar-refractivity contribution in [3.05, 3.63) is 54.1 Å². The molecule has 2 aromatic carbocycles. The van der Waals surface area contributed by atoms with Gasteiger partial charge in [0, 0.05) is 17.1 Å². The van der Waals surface area contributed by atoms with Gasteiger partial charge in [0.2, 0.25) is 0 Å². The van der Waals surface area contributed by atoms with Crippen LogP contribution in [0.5, 0.6) is 0 Å². The van der Waals surface area contributed by atoms with Gasteiger partial charge >= 0.3 is 5.97 Å². The lowest BCUT2D eigenvalue weighted by atomic mass is 10.2. The molecule has 0 bridgehead atoms. The number of rotatable bonds is 5. The van der Waals surface area contributed by atoms with E-state index in [1.165, 1.54) is 11.8 Å². The molecule has 8 nitrogen and oxygen atoms in total. The number of anilines is 2. The van der Waals surface area contributed by atoms with Crippen molar-refractivity contribution in [3.63, 3.8) is 0 Å². The molecular weight excluding hydrogens is 426 g/mol. The Morgan fingerprint density at radius 1 is 1.23 bits per heavy atom. The van der Waals surface area contributed by atoms with Crippen molar-refractivity contribution in [2.45, 2.75) is 24.3 Å². The van der Waals surface area contributed by atoms with Crippen LogP contribution in [0.3, 0.4) is 0 Å². The molecule has 1 N–H and O–H groups in total. The van der Waals surface area contributed by atoms with Gasteiger partial charge in [0.05, 0.1) is 17.0 Å². The van der Waals surface area contributed by atoms with E-state index in [0.29, 0.717) is 23.8 Å². The van der Waals surface area contributed by atoms with Gasteiger partial charge in [-0.2, -0.15) is 0 Å². The van der Waals surface area contributed by atoms with Crippen LogP contribution in [0.25, 0.3) is 0 Å². The minimum Gasteiger partial charge on any atom is -0.449 e. The van der Waals surface area contributed by atoms with Crippen molar-refractivity contribution < 1.29 is 22.7 Å². The molecule has 2 aromatic rings. The number of esters is 1. The zero-order chi connectivity index (χ0) is 21.3. The fourth-order valence-electron chi connectivity index (χ4n) is 3.12. The number of fused-ring (bicyclic) bond motifs is 3. The Labute approximate surface area is 178 Å². The minimum atomic E-state index is -3.45. The highest BCUT2D eigenvalue weighted by molar-refractivity contribution is 8.15. The molecule has 0 saturated heterocycles. The number of nitrogens with one attached hydrogen (secondary N) is 1. The first-order valence-corrected chi connectivity index (χ1v) is 11.8. The lowest BCUT2D eigenvalue weighted by Crippen LogP contribution is -2.35. The zero-order valence-electron chi connectivity index (χ0n) is 16.1. The first kappa shape index (κ1) is 20.4. The molecule has 2 aliphatic heterocycles. The van der Waals surface area contributed by atoms with E-state index in [-0.39, 0.29) is 11.3 Å². The average molecular weight is 446 g/mol. The molecule has 0 radical (unpaired) electrons. The van der Waals surface area contributed by atoms with Gasteiger partial charge < -0.3 is 15.0 Å². The molecule has 2 heterocycles. The first-order chi connectivity index (χ1) is 14.4. The largest absolute Gasteiger partial charge is 0.449 e. The van der Waals surface area contributed by atoms with Gasteiger partial charge in [-0.1, -0.05) is 25.1 Å². The van der Waals surface area contributed by atoms with Crippen molar-refractivity contribution in [2.24, 2.45) is 4.40 Å². The normalized spacial score (nSPS) is 17.4. The first-order valence-electron chi connectivity index (χ1n) is 9.35. The number of amides is 1. The minimum absolute atomic E-state index is 0.0466. The van der Waals surface area contributed by atoms with Gasteiger partial charge in [0.1, 0.15) is 0 Å². The molecule has 4 rings (SSSR count). The highest BCUT2D eigenvalue weighted by atomic mass is 32.2. The van der Waals surface area contributed by atoms with E-state index in [2.05, 4.69) is 9.71 Å². The number of ether oxygens (including phenoxy) is 1. The van der Waals surface area contributed by atoms with E-state index in [4.69, 9.17) is 4.74 Å². The number of para-hydroxylation sites is 1. The number of thioether (sulfide) groups is 1. The molecule has 0 aromatic heterocycles. The summed E-state index contributed by atoms with van der Waals surface area (Å²) in [5.74, 6) is -1.06. The second-order valence-electron chi connectivity index (χ2n) is 6.75. The van der Waals surface area contributed by atoms with Gasteiger partial charge in [0.25, 0.3) is 15.9 Å². The van der Waals surface area contributed by atoms with Crippen LogP contribution >= 0.6 is 11.8 Å².